The first-order chi connectivity index (χ1) is 12.2. The number of hydrogen-bond donors (Lipinski definition) is 1. The van der Waals surface area contributed by atoms with E-state index in [2.05, 4.69) is 27.1 Å². The Kier molecular flexibility index (Phi) is 5.62. The molecular weight excluding hydrogens is 354 g/mol. The molecule has 0 unspecified atom stereocenters. The van der Waals surface area contributed by atoms with Gasteiger partial charge in [0.05, 0.1) is 5.25 Å². The molecule has 0 fully saturated rings. The number of allylic oxidation sites excluding steroid dienone is 1. The van der Waals surface area contributed by atoms with Gasteiger partial charge in [-0.2, -0.15) is 0 Å². The summed E-state index contributed by atoms with van der Waals surface area (Å²) in [5.41, 5.74) is 0.976. The van der Waals surface area contributed by atoms with Gasteiger partial charge in [-0.15, -0.1) is 28.1 Å². The summed E-state index contributed by atoms with van der Waals surface area (Å²) in [6, 6.07) is 9.84. The molecule has 128 valence electrons. The number of amides is 1. The number of aromatic nitrogens is 4. The molecule has 2 aromatic heterocycles. The van der Waals surface area contributed by atoms with E-state index in [1.165, 1.54) is 23.1 Å². The SMILES string of the molecule is C=CCn1c(S[C@@H](C)C(=O)Nc2nccs2)nnc1-c1ccccc1. The van der Waals surface area contributed by atoms with Crippen LogP contribution in [0.15, 0.2) is 59.7 Å². The van der Waals surface area contributed by atoms with Crippen LogP contribution in [0.4, 0.5) is 5.13 Å². The minimum atomic E-state index is -0.333. The fourth-order valence-corrected chi connectivity index (χ4v) is 3.56. The van der Waals surface area contributed by atoms with Crippen LogP contribution in [0, 0.1) is 0 Å². The lowest BCUT2D eigenvalue weighted by Crippen LogP contribution is -2.22. The van der Waals surface area contributed by atoms with Crippen molar-refractivity contribution < 1.29 is 4.79 Å². The minimum Gasteiger partial charge on any atom is -0.301 e. The van der Waals surface area contributed by atoms with Gasteiger partial charge in [-0.1, -0.05) is 48.2 Å². The Balaban J connectivity index is 1.78. The molecule has 0 radical (unpaired) electrons. The van der Waals surface area contributed by atoms with Gasteiger partial charge in [-0.05, 0) is 6.92 Å². The highest BCUT2D eigenvalue weighted by Crippen LogP contribution is 2.27. The fourth-order valence-electron chi connectivity index (χ4n) is 2.17. The predicted octanol–water partition coefficient (Wildman–Crippen LogP) is 3.71. The van der Waals surface area contributed by atoms with Gasteiger partial charge in [0.2, 0.25) is 5.91 Å². The average molecular weight is 371 g/mol. The van der Waals surface area contributed by atoms with E-state index >= 15 is 0 Å². The van der Waals surface area contributed by atoms with Crippen molar-refractivity contribution in [3.05, 3.63) is 54.6 Å². The first-order valence-corrected chi connectivity index (χ1v) is 9.41. The zero-order chi connectivity index (χ0) is 17.6. The molecule has 1 amide bonds. The minimum absolute atomic E-state index is 0.116. The van der Waals surface area contributed by atoms with Crippen LogP contribution in [-0.4, -0.2) is 30.9 Å². The fraction of sp³-hybridized carbons (Fsp3) is 0.176. The smallest absolute Gasteiger partial charge is 0.239 e. The van der Waals surface area contributed by atoms with Gasteiger partial charge < -0.3 is 5.32 Å². The molecule has 1 aromatic carbocycles. The number of anilines is 1. The van der Waals surface area contributed by atoms with E-state index < -0.39 is 0 Å². The number of rotatable bonds is 7. The molecule has 3 aromatic rings. The summed E-state index contributed by atoms with van der Waals surface area (Å²) in [6.07, 6.45) is 3.45. The monoisotopic (exact) mass is 371 g/mol. The van der Waals surface area contributed by atoms with Gasteiger partial charge >= 0.3 is 0 Å². The quantitative estimate of drug-likeness (QED) is 0.506. The van der Waals surface area contributed by atoms with Gasteiger partial charge in [0, 0.05) is 23.7 Å². The first-order valence-electron chi connectivity index (χ1n) is 7.65. The molecule has 0 aliphatic rings. The molecule has 1 atom stereocenters. The van der Waals surface area contributed by atoms with E-state index in [1.807, 2.05) is 47.2 Å². The van der Waals surface area contributed by atoms with E-state index in [-0.39, 0.29) is 11.2 Å². The number of benzene rings is 1. The van der Waals surface area contributed by atoms with Gasteiger partial charge in [-0.3, -0.25) is 9.36 Å². The summed E-state index contributed by atoms with van der Waals surface area (Å²) in [5, 5.41) is 14.1. The highest BCUT2D eigenvalue weighted by Gasteiger charge is 2.21. The molecule has 0 aliphatic heterocycles. The van der Waals surface area contributed by atoms with Crippen LogP contribution in [0.25, 0.3) is 11.4 Å². The van der Waals surface area contributed by atoms with E-state index in [4.69, 9.17) is 0 Å². The second kappa shape index (κ2) is 8.09. The third-order valence-electron chi connectivity index (χ3n) is 3.37. The van der Waals surface area contributed by atoms with Gasteiger partial charge in [0.1, 0.15) is 0 Å². The van der Waals surface area contributed by atoms with Crippen molar-refractivity contribution in [2.24, 2.45) is 0 Å². The maximum Gasteiger partial charge on any atom is 0.239 e. The molecule has 0 saturated heterocycles. The molecule has 0 bridgehead atoms. The molecule has 0 aliphatic carbocycles. The van der Waals surface area contributed by atoms with Crippen molar-refractivity contribution in [3.63, 3.8) is 0 Å². The van der Waals surface area contributed by atoms with Gasteiger partial charge in [-0.25, -0.2) is 4.98 Å². The number of nitrogens with one attached hydrogen (secondary N) is 1. The van der Waals surface area contributed by atoms with Crippen LogP contribution in [0.5, 0.6) is 0 Å². The maximum absolute atomic E-state index is 12.3. The third-order valence-corrected chi connectivity index (χ3v) is 5.14. The van der Waals surface area contributed by atoms with Gasteiger partial charge in [0.15, 0.2) is 16.1 Å². The normalized spacial score (nSPS) is 11.9. The van der Waals surface area contributed by atoms with Crippen molar-refractivity contribution in [2.45, 2.75) is 23.9 Å². The zero-order valence-corrected chi connectivity index (χ0v) is 15.3. The zero-order valence-electron chi connectivity index (χ0n) is 13.6. The lowest BCUT2D eigenvalue weighted by atomic mass is 10.2. The van der Waals surface area contributed by atoms with E-state index in [0.29, 0.717) is 16.8 Å². The summed E-state index contributed by atoms with van der Waals surface area (Å²) in [5.74, 6) is 0.643. The molecule has 2 heterocycles. The molecule has 3 rings (SSSR count). The van der Waals surface area contributed by atoms with Crippen LogP contribution in [0.3, 0.4) is 0 Å². The van der Waals surface area contributed by atoms with Crippen molar-refractivity contribution in [2.75, 3.05) is 5.32 Å². The van der Waals surface area contributed by atoms with E-state index in [0.717, 1.165) is 11.4 Å². The standard InChI is InChI=1S/C17H17N5OS2/c1-3-10-22-14(13-7-5-4-6-8-13)20-21-17(22)25-12(2)15(23)19-16-18-9-11-24-16/h3-9,11-12H,1,10H2,2H3,(H,18,19,23)/t12-/m0/s1. The summed E-state index contributed by atoms with van der Waals surface area (Å²) < 4.78 is 1.96. The Hall–Kier alpha value is -2.45. The molecule has 25 heavy (non-hydrogen) atoms. The van der Waals surface area contributed by atoms with E-state index in [1.54, 1.807) is 12.3 Å². The molecule has 1 N–H and O–H groups in total. The number of thioether (sulfide) groups is 1. The van der Waals surface area contributed by atoms with Crippen molar-refractivity contribution in [1.82, 2.24) is 19.7 Å². The Morgan fingerprint density at radius 3 is 2.88 bits per heavy atom. The largest absolute Gasteiger partial charge is 0.301 e. The van der Waals surface area contributed by atoms with Crippen molar-refractivity contribution in [3.8, 4) is 11.4 Å². The summed E-state index contributed by atoms with van der Waals surface area (Å²) >= 11 is 2.75. The number of carbonyl (C=O) groups is 1. The molecule has 8 heteroatoms. The Morgan fingerprint density at radius 1 is 1.40 bits per heavy atom. The lowest BCUT2D eigenvalue weighted by molar-refractivity contribution is -0.115. The first kappa shape index (κ1) is 17.4. The van der Waals surface area contributed by atoms with Crippen LogP contribution >= 0.6 is 23.1 Å². The second-order valence-electron chi connectivity index (χ2n) is 5.16. The van der Waals surface area contributed by atoms with Crippen LogP contribution < -0.4 is 5.32 Å². The Morgan fingerprint density at radius 2 is 2.20 bits per heavy atom. The maximum atomic E-state index is 12.3. The van der Waals surface area contributed by atoms with Crippen molar-refractivity contribution in [1.29, 1.82) is 0 Å². The number of thiazole rings is 1. The molecule has 0 spiro atoms. The topological polar surface area (TPSA) is 72.7 Å². The number of nitrogens with zero attached hydrogens (tertiary/aromatic N) is 4. The molecule has 0 saturated carbocycles. The second-order valence-corrected chi connectivity index (χ2v) is 7.36. The Bertz CT molecular complexity index is 845. The number of hydrogen-bond acceptors (Lipinski definition) is 6. The molecule has 6 nitrogen and oxygen atoms in total. The van der Waals surface area contributed by atoms with Crippen LogP contribution in [-0.2, 0) is 11.3 Å². The summed E-state index contributed by atoms with van der Waals surface area (Å²) in [6.45, 7) is 6.21. The third kappa shape index (κ3) is 4.15. The van der Waals surface area contributed by atoms with E-state index in [9.17, 15) is 4.79 Å². The highest BCUT2D eigenvalue weighted by atomic mass is 32.2. The van der Waals surface area contributed by atoms with Gasteiger partial charge in [0.25, 0.3) is 0 Å². The number of carbonyl (C=O) groups excluding carboxylic acids is 1. The Labute approximate surface area is 154 Å². The van der Waals surface area contributed by atoms with Crippen LogP contribution in [0.1, 0.15) is 6.92 Å². The average Bonchev–Trinajstić information content (AvgIpc) is 3.26. The predicted molar refractivity (Wildman–Crippen MR) is 102 cm³/mol. The summed E-state index contributed by atoms with van der Waals surface area (Å²) in [4.78, 5) is 16.4. The summed E-state index contributed by atoms with van der Waals surface area (Å²) in [7, 11) is 0. The lowest BCUT2D eigenvalue weighted by Gasteiger charge is -2.11. The van der Waals surface area contributed by atoms with Crippen molar-refractivity contribution >= 4 is 34.1 Å². The molecular formula is C17H17N5OS2. The highest BCUT2D eigenvalue weighted by molar-refractivity contribution is 8.00. The van der Waals surface area contributed by atoms with Crippen LogP contribution in [0.2, 0.25) is 0 Å².